The fraction of sp³-hybridized carbons (Fsp3) is 0.968. The minimum Gasteiger partial charge on any atom is -0.324 e. The fourth-order valence-electron chi connectivity index (χ4n) is 5.15. The molecule has 0 saturated heterocycles. The molecule has 0 amide bonds. The first-order chi connectivity index (χ1) is 18.1. The van der Waals surface area contributed by atoms with E-state index in [4.69, 9.17) is 9.79 Å². The van der Waals surface area contributed by atoms with Crippen LogP contribution in [0.15, 0.2) is 4.99 Å². The minimum absolute atomic E-state index is 0.0549. The molecule has 0 aromatic heterocycles. The van der Waals surface area contributed by atoms with Gasteiger partial charge in [-0.05, 0) is 12.8 Å². The molecule has 6 heteroatoms. The molecule has 0 unspecified atom stereocenters. The molecule has 0 aromatic carbocycles. The van der Waals surface area contributed by atoms with E-state index < -0.39 is 7.60 Å². The van der Waals surface area contributed by atoms with Gasteiger partial charge in [0.15, 0.2) is 0 Å². The van der Waals surface area contributed by atoms with Gasteiger partial charge in [0.05, 0.1) is 6.54 Å². The Labute approximate surface area is 230 Å². The number of rotatable bonds is 31. The molecule has 0 heterocycles. The second kappa shape index (κ2) is 30.1. The van der Waals surface area contributed by atoms with Gasteiger partial charge in [0.25, 0.3) is 0 Å². The number of isocyanates is 1. The maximum absolute atomic E-state index is 10.8. The summed E-state index contributed by atoms with van der Waals surface area (Å²) in [5.74, 6) is 0. The Kier molecular flexibility index (Phi) is 29.7. The molecule has 220 valence electrons. The predicted molar refractivity (Wildman–Crippen MR) is 159 cm³/mol. The van der Waals surface area contributed by atoms with E-state index in [1.54, 1.807) is 6.08 Å². The molecular weight excluding hydrogens is 481 g/mol. The number of nitrogens with zero attached hydrogens (tertiary/aromatic N) is 1. The van der Waals surface area contributed by atoms with Crippen molar-refractivity contribution in [3.05, 3.63) is 0 Å². The van der Waals surface area contributed by atoms with Gasteiger partial charge in [0.2, 0.25) is 6.08 Å². The molecule has 0 atom stereocenters. The number of hydrogen-bond donors (Lipinski definition) is 2. The van der Waals surface area contributed by atoms with E-state index in [2.05, 4.69) is 4.99 Å². The normalized spacial score (nSPS) is 11.6. The number of hydrogen-bond acceptors (Lipinski definition) is 3. The lowest BCUT2D eigenvalue weighted by molar-refractivity contribution is 0.370. The molecule has 0 rings (SSSR count). The van der Waals surface area contributed by atoms with Crippen LogP contribution in [0, 0.1) is 0 Å². The van der Waals surface area contributed by atoms with Gasteiger partial charge >= 0.3 is 7.60 Å². The van der Waals surface area contributed by atoms with Crippen LogP contribution in [0.5, 0.6) is 0 Å². The van der Waals surface area contributed by atoms with E-state index in [0.717, 1.165) is 19.3 Å². The molecular formula is C31H62NO4P. The van der Waals surface area contributed by atoms with Crippen molar-refractivity contribution in [1.82, 2.24) is 0 Å². The van der Waals surface area contributed by atoms with Crippen LogP contribution in [0.2, 0.25) is 0 Å². The summed E-state index contributed by atoms with van der Waals surface area (Å²) in [7, 11) is -3.78. The molecule has 2 N–H and O–H groups in total. The number of aliphatic imine (C=N–C) groups is 1. The molecule has 5 nitrogen and oxygen atoms in total. The van der Waals surface area contributed by atoms with Crippen molar-refractivity contribution in [2.75, 3.05) is 12.7 Å². The van der Waals surface area contributed by atoms with Crippen LogP contribution in [-0.2, 0) is 9.36 Å². The van der Waals surface area contributed by atoms with E-state index in [9.17, 15) is 9.36 Å². The van der Waals surface area contributed by atoms with Crippen LogP contribution in [0.3, 0.4) is 0 Å². The third-order valence-corrected chi connectivity index (χ3v) is 8.43. The zero-order chi connectivity index (χ0) is 27.1. The summed E-state index contributed by atoms with van der Waals surface area (Å²) in [5, 5.41) is 0. The van der Waals surface area contributed by atoms with Crippen molar-refractivity contribution < 1.29 is 19.1 Å². The predicted octanol–water partition coefficient (Wildman–Crippen LogP) is 10.4. The van der Waals surface area contributed by atoms with Gasteiger partial charge in [0, 0.05) is 6.16 Å². The summed E-state index contributed by atoms with van der Waals surface area (Å²) in [6.45, 7) is 0.657. The van der Waals surface area contributed by atoms with Gasteiger partial charge in [-0.25, -0.2) is 9.79 Å². The second-order valence-electron chi connectivity index (χ2n) is 11.3. The van der Waals surface area contributed by atoms with Gasteiger partial charge in [-0.1, -0.05) is 167 Å². The van der Waals surface area contributed by atoms with Crippen molar-refractivity contribution in [2.45, 2.75) is 180 Å². The zero-order valence-corrected chi connectivity index (χ0v) is 25.2. The lowest BCUT2D eigenvalue weighted by Crippen LogP contribution is -1.88. The Balaban J connectivity index is 3.05. The maximum Gasteiger partial charge on any atom is 0.325 e. The van der Waals surface area contributed by atoms with Crippen LogP contribution in [0.1, 0.15) is 180 Å². The molecule has 0 aliphatic carbocycles. The Hall–Kier alpha value is -0.470. The van der Waals surface area contributed by atoms with Gasteiger partial charge in [-0.15, -0.1) is 0 Å². The Morgan fingerprint density at radius 3 is 0.838 bits per heavy atom. The first-order valence-electron chi connectivity index (χ1n) is 16.1. The Morgan fingerprint density at radius 2 is 0.622 bits per heavy atom. The lowest BCUT2D eigenvalue weighted by atomic mass is 10.0. The highest BCUT2D eigenvalue weighted by atomic mass is 31.2. The SMILES string of the molecule is O=C=NCCCCCCCCCCCCCCCCCCCCCCCCCCCCCCP(=O)(O)O. The third-order valence-electron chi connectivity index (χ3n) is 7.53. The van der Waals surface area contributed by atoms with Gasteiger partial charge in [0.1, 0.15) is 0 Å². The molecule has 0 radical (unpaired) electrons. The largest absolute Gasteiger partial charge is 0.325 e. The zero-order valence-electron chi connectivity index (χ0n) is 24.3. The summed E-state index contributed by atoms with van der Waals surface area (Å²) in [6, 6.07) is 0. The van der Waals surface area contributed by atoms with Gasteiger partial charge in [-0.3, -0.25) is 4.57 Å². The van der Waals surface area contributed by atoms with Crippen molar-refractivity contribution in [3.8, 4) is 0 Å². The summed E-state index contributed by atoms with van der Waals surface area (Å²) >= 11 is 0. The molecule has 0 aliphatic rings. The lowest BCUT2D eigenvalue weighted by Gasteiger charge is -2.05. The fourth-order valence-corrected chi connectivity index (χ4v) is 5.79. The number of carbonyl (C=O) groups excluding carboxylic acids is 1. The molecule has 37 heavy (non-hydrogen) atoms. The summed E-state index contributed by atoms with van der Waals surface area (Å²) in [4.78, 5) is 31.2. The molecule has 0 saturated carbocycles. The summed E-state index contributed by atoms with van der Waals surface area (Å²) in [6.07, 6.45) is 38.4. The van der Waals surface area contributed by atoms with Crippen molar-refractivity contribution >= 4 is 13.7 Å². The van der Waals surface area contributed by atoms with E-state index in [1.165, 1.54) is 154 Å². The second-order valence-corrected chi connectivity index (χ2v) is 13.0. The van der Waals surface area contributed by atoms with Crippen LogP contribution >= 0.6 is 7.60 Å². The minimum atomic E-state index is -3.78. The summed E-state index contributed by atoms with van der Waals surface area (Å²) in [5.41, 5.74) is 0. The maximum atomic E-state index is 10.8. The van der Waals surface area contributed by atoms with Crippen molar-refractivity contribution in [1.29, 1.82) is 0 Å². The average Bonchev–Trinajstić information content (AvgIpc) is 2.86. The standard InChI is InChI=1S/C31H62NO4P/c33-31-32-29-27-25-23-21-19-17-15-13-11-9-7-5-3-1-2-4-6-8-10-12-14-16-18-20-22-24-26-28-30-37(34,35)36/h1-30H2,(H2,34,35,36). The van der Waals surface area contributed by atoms with E-state index in [1.807, 2.05) is 0 Å². The van der Waals surface area contributed by atoms with Crippen molar-refractivity contribution in [2.24, 2.45) is 4.99 Å². The third kappa shape index (κ3) is 35.5. The highest BCUT2D eigenvalue weighted by molar-refractivity contribution is 7.51. The van der Waals surface area contributed by atoms with Crippen molar-refractivity contribution in [3.63, 3.8) is 0 Å². The Morgan fingerprint density at radius 1 is 0.405 bits per heavy atom. The van der Waals surface area contributed by atoms with E-state index in [0.29, 0.717) is 13.0 Å². The highest BCUT2D eigenvalue weighted by Gasteiger charge is 2.10. The highest BCUT2D eigenvalue weighted by Crippen LogP contribution is 2.35. The van der Waals surface area contributed by atoms with Crippen LogP contribution in [0.25, 0.3) is 0 Å². The van der Waals surface area contributed by atoms with Gasteiger partial charge < -0.3 is 9.79 Å². The van der Waals surface area contributed by atoms with Crippen LogP contribution in [-0.4, -0.2) is 28.6 Å². The van der Waals surface area contributed by atoms with E-state index in [-0.39, 0.29) is 6.16 Å². The van der Waals surface area contributed by atoms with E-state index >= 15 is 0 Å². The molecule has 0 aromatic rings. The monoisotopic (exact) mass is 543 g/mol. The smallest absolute Gasteiger partial charge is 0.324 e. The van der Waals surface area contributed by atoms with Crippen LogP contribution < -0.4 is 0 Å². The first kappa shape index (κ1) is 36.5. The average molecular weight is 544 g/mol. The Bertz CT molecular complexity index is 545. The van der Waals surface area contributed by atoms with Gasteiger partial charge in [-0.2, -0.15) is 0 Å². The topological polar surface area (TPSA) is 87.0 Å². The molecule has 0 aliphatic heterocycles. The first-order valence-corrected chi connectivity index (χ1v) is 17.9. The van der Waals surface area contributed by atoms with Crippen LogP contribution in [0.4, 0.5) is 0 Å². The molecule has 0 bridgehead atoms. The quantitative estimate of drug-likeness (QED) is 0.0394. The number of unbranched alkanes of at least 4 members (excludes halogenated alkanes) is 27. The molecule has 0 spiro atoms. The summed E-state index contributed by atoms with van der Waals surface area (Å²) < 4.78 is 10.8. The molecule has 0 fully saturated rings.